The summed E-state index contributed by atoms with van der Waals surface area (Å²) in [6, 6.07) is 10.1. The number of piperidine rings is 1. The summed E-state index contributed by atoms with van der Waals surface area (Å²) >= 11 is 0. The lowest BCUT2D eigenvalue weighted by molar-refractivity contribution is 0.0236. The quantitative estimate of drug-likeness (QED) is 0.800. The van der Waals surface area contributed by atoms with Crippen LogP contribution in [0.15, 0.2) is 29.8 Å². The highest BCUT2D eigenvalue weighted by molar-refractivity contribution is 5.94. The van der Waals surface area contributed by atoms with Crippen LogP contribution >= 0.6 is 0 Å². The van der Waals surface area contributed by atoms with Gasteiger partial charge in [0.25, 0.3) is 0 Å². The molecule has 1 aromatic heterocycles. The van der Waals surface area contributed by atoms with Crippen molar-refractivity contribution in [1.82, 2.24) is 15.1 Å². The highest BCUT2D eigenvalue weighted by Crippen LogP contribution is 2.29. The zero-order valence-electron chi connectivity index (χ0n) is 14.8. The lowest BCUT2D eigenvalue weighted by Gasteiger charge is -2.31. The molecule has 25 heavy (non-hydrogen) atoms. The highest BCUT2D eigenvalue weighted by atomic mass is 16.6. The van der Waals surface area contributed by atoms with Crippen molar-refractivity contribution in [1.29, 1.82) is 5.26 Å². The maximum absolute atomic E-state index is 12.2. The first-order valence-electron chi connectivity index (χ1n) is 8.42. The summed E-state index contributed by atoms with van der Waals surface area (Å²) in [4.78, 5) is 13.9. The molecule has 1 aliphatic heterocycles. The van der Waals surface area contributed by atoms with Crippen LogP contribution in [0.4, 0.5) is 4.79 Å². The maximum atomic E-state index is 12.2. The van der Waals surface area contributed by atoms with Crippen LogP contribution in [0.5, 0.6) is 0 Å². The summed E-state index contributed by atoms with van der Waals surface area (Å²) < 4.78 is 5.42. The largest absolute Gasteiger partial charge is 0.444 e. The van der Waals surface area contributed by atoms with Crippen molar-refractivity contribution in [3.63, 3.8) is 0 Å². The van der Waals surface area contributed by atoms with Gasteiger partial charge in [0.1, 0.15) is 17.4 Å². The number of para-hydroxylation sites is 1. The summed E-state index contributed by atoms with van der Waals surface area (Å²) in [5, 5.41) is 17.9. The van der Waals surface area contributed by atoms with E-state index in [2.05, 4.69) is 16.3 Å². The average molecular weight is 338 g/mol. The fourth-order valence-electron chi connectivity index (χ4n) is 2.99. The van der Waals surface area contributed by atoms with Gasteiger partial charge in [-0.2, -0.15) is 10.4 Å². The normalized spacial score (nSPS) is 15.1. The third kappa shape index (κ3) is 3.66. The van der Waals surface area contributed by atoms with Gasteiger partial charge in [-0.3, -0.25) is 5.10 Å². The minimum Gasteiger partial charge on any atom is -0.444 e. The van der Waals surface area contributed by atoms with Crippen molar-refractivity contribution in [3.05, 3.63) is 35.5 Å². The smallest absolute Gasteiger partial charge is 0.410 e. The van der Waals surface area contributed by atoms with E-state index in [4.69, 9.17) is 4.74 Å². The SMILES string of the molecule is CC(C)(C)OC(=O)N1CCC(=C(C#N)c2n[nH]c3ccccc23)CC1. The number of nitrogens with zero attached hydrogens (tertiary/aromatic N) is 3. The molecule has 1 saturated heterocycles. The Kier molecular flexibility index (Phi) is 4.49. The fourth-order valence-corrected chi connectivity index (χ4v) is 2.99. The van der Waals surface area contributed by atoms with Crippen LogP contribution in [0, 0.1) is 11.3 Å². The Balaban J connectivity index is 1.80. The Morgan fingerprint density at radius 2 is 1.96 bits per heavy atom. The molecule has 0 spiro atoms. The summed E-state index contributed by atoms with van der Waals surface area (Å²) in [6.45, 7) is 6.68. The second kappa shape index (κ2) is 6.60. The molecule has 2 heterocycles. The van der Waals surface area contributed by atoms with Crippen molar-refractivity contribution in [2.24, 2.45) is 0 Å². The number of ether oxygens (including phenoxy) is 1. The van der Waals surface area contributed by atoms with Gasteiger partial charge in [-0.1, -0.05) is 18.2 Å². The van der Waals surface area contributed by atoms with Gasteiger partial charge in [-0.15, -0.1) is 0 Å². The van der Waals surface area contributed by atoms with E-state index in [0.717, 1.165) is 16.5 Å². The molecular weight excluding hydrogens is 316 g/mol. The number of H-pyrrole nitrogens is 1. The first-order chi connectivity index (χ1) is 11.9. The molecule has 1 fully saturated rings. The predicted octanol–water partition coefficient (Wildman–Crippen LogP) is 3.87. The van der Waals surface area contributed by atoms with Crippen LogP contribution in [0.2, 0.25) is 0 Å². The Bertz CT molecular complexity index is 857. The lowest BCUT2D eigenvalue weighted by atomic mass is 9.95. The molecule has 0 aliphatic carbocycles. The number of hydrogen-bond donors (Lipinski definition) is 1. The van der Waals surface area contributed by atoms with Gasteiger partial charge in [0.2, 0.25) is 0 Å². The fraction of sp³-hybridized carbons (Fsp3) is 0.421. The van der Waals surface area contributed by atoms with Crippen molar-refractivity contribution in [3.8, 4) is 6.07 Å². The third-order valence-electron chi connectivity index (χ3n) is 4.19. The van der Waals surface area contributed by atoms with E-state index >= 15 is 0 Å². The number of nitriles is 1. The Labute approximate surface area is 147 Å². The van der Waals surface area contributed by atoms with Gasteiger partial charge in [0, 0.05) is 18.5 Å². The number of carbonyl (C=O) groups is 1. The average Bonchev–Trinajstić information content (AvgIpc) is 2.99. The van der Waals surface area contributed by atoms with Crippen LogP contribution in [0.25, 0.3) is 16.5 Å². The van der Waals surface area contributed by atoms with E-state index in [1.54, 1.807) is 4.90 Å². The molecule has 1 N–H and O–H groups in total. The van der Waals surface area contributed by atoms with Crippen molar-refractivity contribution in [2.45, 2.75) is 39.2 Å². The van der Waals surface area contributed by atoms with E-state index in [1.807, 2.05) is 45.0 Å². The number of rotatable bonds is 1. The van der Waals surface area contributed by atoms with Crippen LogP contribution in [0.1, 0.15) is 39.3 Å². The molecule has 1 amide bonds. The zero-order valence-corrected chi connectivity index (χ0v) is 14.8. The predicted molar refractivity (Wildman–Crippen MR) is 95.7 cm³/mol. The molecule has 1 aliphatic rings. The number of aromatic amines is 1. The van der Waals surface area contributed by atoms with Gasteiger partial charge < -0.3 is 9.64 Å². The number of allylic oxidation sites excluding steroid dienone is 1. The van der Waals surface area contributed by atoms with Crippen molar-refractivity contribution in [2.75, 3.05) is 13.1 Å². The number of carbonyl (C=O) groups excluding carboxylic acids is 1. The highest BCUT2D eigenvalue weighted by Gasteiger charge is 2.26. The van der Waals surface area contributed by atoms with Crippen molar-refractivity contribution >= 4 is 22.6 Å². The number of nitrogens with one attached hydrogen (secondary N) is 1. The Morgan fingerprint density at radius 1 is 1.28 bits per heavy atom. The Hall–Kier alpha value is -2.81. The molecule has 0 saturated carbocycles. The van der Waals surface area contributed by atoms with Gasteiger partial charge >= 0.3 is 6.09 Å². The summed E-state index contributed by atoms with van der Waals surface area (Å²) in [6.07, 6.45) is 1.02. The molecule has 0 atom stereocenters. The molecule has 0 radical (unpaired) electrons. The number of aromatic nitrogens is 2. The van der Waals surface area contributed by atoms with Crippen LogP contribution < -0.4 is 0 Å². The summed E-state index contributed by atoms with van der Waals surface area (Å²) in [7, 11) is 0. The zero-order chi connectivity index (χ0) is 18.0. The van der Waals surface area contributed by atoms with E-state index in [1.165, 1.54) is 0 Å². The van der Waals surface area contributed by atoms with E-state index in [0.29, 0.717) is 37.2 Å². The maximum Gasteiger partial charge on any atom is 0.410 e. The second-order valence-electron chi connectivity index (χ2n) is 7.18. The summed E-state index contributed by atoms with van der Waals surface area (Å²) in [5.74, 6) is 0. The first kappa shape index (κ1) is 17.0. The topological polar surface area (TPSA) is 82.0 Å². The van der Waals surface area contributed by atoms with Crippen LogP contribution in [-0.4, -0.2) is 39.9 Å². The second-order valence-corrected chi connectivity index (χ2v) is 7.18. The monoisotopic (exact) mass is 338 g/mol. The van der Waals surface area contributed by atoms with E-state index in [-0.39, 0.29) is 6.09 Å². The third-order valence-corrected chi connectivity index (χ3v) is 4.19. The molecule has 3 rings (SSSR count). The minimum atomic E-state index is -0.501. The van der Waals surface area contributed by atoms with Crippen molar-refractivity contribution < 1.29 is 9.53 Å². The van der Waals surface area contributed by atoms with Crippen LogP contribution in [-0.2, 0) is 4.74 Å². The van der Waals surface area contributed by atoms with E-state index in [9.17, 15) is 10.1 Å². The standard InChI is InChI=1S/C19H22N4O2/c1-19(2,3)25-18(24)23-10-8-13(9-11-23)15(12-20)17-14-6-4-5-7-16(14)21-22-17/h4-7H,8-11H2,1-3H3,(H,21,22). The molecule has 0 bridgehead atoms. The molecule has 1 aromatic carbocycles. The number of amides is 1. The molecule has 6 heteroatoms. The van der Waals surface area contributed by atoms with E-state index < -0.39 is 5.60 Å². The first-order valence-corrected chi connectivity index (χ1v) is 8.42. The lowest BCUT2D eigenvalue weighted by Crippen LogP contribution is -2.40. The minimum absolute atomic E-state index is 0.296. The molecule has 6 nitrogen and oxygen atoms in total. The van der Waals surface area contributed by atoms with Gasteiger partial charge in [-0.25, -0.2) is 4.79 Å². The van der Waals surface area contributed by atoms with Gasteiger partial charge in [0.05, 0.1) is 11.1 Å². The van der Waals surface area contributed by atoms with Crippen LogP contribution in [0.3, 0.4) is 0 Å². The van der Waals surface area contributed by atoms with Gasteiger partial charge in [-0.05, 0) is 45.3 Å². The number of fused-ring (bicyclic) bond motifs is 1. The number of benzene rings is 1. The molecule has 0 unspecified atom stereocenters. The number of likely N-dealkylation sites (tertiary alicyclic amines) is 1. The summed E-state index contributed by atoms with van der Waals surface area (Å²) in [5.41, 5.74) is 2.76. The molecule has 130 valence electrons. The number of hydrogen-bond acceptors (Lipinski definition) is 4. The Morgan fingerprint density at radius 3 is 2.60 bits per heavy atom. The molecular formula is C19H22N4O2. The van der Waals surface area contributed by atoms with Gasteiger partial charge in [0.15, 0.2) is 0 Å². The molecule has 2 aromatic rings.